The van der Waals surface area contributed by atoms with Gasteiger partial charge < -0.3 is 9.64 Å². The molecule has 1 aromatic carbocycles. The molecule has 0 saturated carbocycles. The maximum Gasteiger partial charge on any atom is 0.411 e. The maximum absolute atomic E-state index is 13.1. The highest BCUT2D eigenvalue weighted by Gasteiger charge is 2.54. The lowest BCUT2D eigenvalue weighted by Gasteiger charge is -2.31. The van der Waals surface area contributed by atoms with Gasteiger partial charge in [0.1, 0.15) is 6.10 Å². The molecule has 1 aliphatic rings. The number of nitrogens with zero attached hydrogens (tertiary/aromatic N) is 1. The Hall–Kier alpha value is -1.56. The van der Waals surface area contributed by atoms with E-state index in [1.807, 2.05) is 0 Å². The number of epoxide rings is 1. The number of halogens is 3. The zero-order valence-corrected chi connectivity index (χ0v) is 10.4. The summed E-state index contributed by atoms with van der Waals surface area (Å²) in [5.74, 6) is -0.610. The molecule has 19 heavy (non-hydrogen) atoms. The summed E-state index contributed by atoms with van der Waals surface area (Å²) in [6, 6.07) is 6.74. The molecule has 104 valence electrons. The average molecular weight is 273 g/mol. The second-order valence-corrected chi connectivity index (χ2v) is 4.49. The quantitative estimate of drug-likeness (QED) is 0.789. The predicted molar refractivity (Wildman–Crippen MR) is 62.2 cm³/mol. The molecule has 6 heteroatoms. The van der Waals surface area contributed by atoms with Gasteiger partial charge in [-0.1, -0.05) is 30.3 Å². The van der Waals surface area contributed by atoms with Crippen molar-refractivity contribution >= 4 is 5.91 Å². The van der Waals surface area contributed by atoms with Gasteiger partial charge in [-0.2, -0.15) is 13.2 Å². The first-order valence-corrected chi connectivity index (χ1v) is 5.89. The number of benzene rings is 1. The summed E-state index contributed by atoms with van der Waals surface area (Å²) in [6.07, 6.45) is -5.42. The van der Waals surface area contributed by atoms with Crippen LogP contribution in [0.15, 0.2) is 30.3 Å². The molecule has 0 radical (unpaired) electrons. The average Bonchev–Trinajstić information content (AvgIpc) is 3.12. The molecule has 1 amide bonds. The van der Waals surface area contributed by atoms with Crippen molar-refractivity contribution in [3.63, 3.8) is 0 Å². The summed E-state index contributed by atoms with van der Waals surface area (Å²) in [6.45, 7) is 1.12. The van der Waals surface area contributed by atoms with Crippen LogP contribution in [0.2, 0.25) is 0 Å². The van der Waals surface area contributed by atoms with E-state index in [9.17, 15) is 18.0 Å². The third-order valence-corrected chi connectivity index (χ3v) is 2.98. The summed E-state index contributed by atoms with van der Waals surface area (Å²) in [4.78, 5) is 12.4. The van der Waals surface area contributed by atoms with Crippen molar-refractivity contribution in [1.29, 1.82) is 0 Å². The molecule has 0 spiro atoms. The van der Waals surface area contributed by atoms with Crippen LogP contribution in [-0.4, -0.2) is 35.7 Å². The van der Waals surface area contributed by atoms with Crippen LogP contribution in [0.25, 0.3) is 0 Å². The number of carbonyl (C=O) groups excluding carboxylic acids is 1. The Bertz CT molecular complexity index is 443. The summed E-state index contributed by atoms with van der Waals surface area (Å²) >= 11 is 0. The lowest BCUT2D eigenvalue weighted by atomic mass is 10.1. The van der Waals surface area contributed by atoms with E-state index in [1.54, 1.807) is 30.3 Å². The van der Waals surface area contributed by atoms with Crippen LogP contribution in [0.5, 0.6) is 0 Å². The molecule has 0 aliphatic carbocycles. The van der Waals surface area contributed by atoms with Gasteiger partial charge in [-0.25, -0.2) is 0 Å². The molecular formula is C13H14F3NO2. The second-order valence-electron chi connectivity index (χ2n) is 4.49. The highest BCUT2D eigenvalue weighted by molar-refractivity contribution is 5.74. The number of carbonyl (C=O) groups is 1. The van der Waals surface area contributed by atoms with Gasteiger partial charge in [0.25, 0.3) is 0 Å². The topological polar surface area (TPSA) is 32.8 Å². The Balaban J connectivity index is 2.21. The molecular weight excluding hydrogens is 259 g/mol. The summed E-state index contributed by atoms with van der Waals surface area (Å²) < 4.78 is 43.9. The molecule has 2 rings (SSSR count). The van der Waals surface area contributed by atoms with Crippen molar-refractivity contribution in [3.05, 3.63) is 35.9 Å². The molecule has 1 aromatic rings. The van der Waals surface area contributed by atoms with Crippen molar-refractivity contribution in [2.45, 2.75) is 31.8 Å². The smallest absolute Gasteiger partial charge is 0.371 e. The number of rotatable bonds is 4. The van der Waals surface area contributed by atoms with Gasteiger partial charge in [0.15, 0.2) is 6.04 Å². The molecule has 2 unspecified atom stereocenters. The fourth-order valence-corrected chi connectivity index (χ4v) is 2.01. The van der Waals surface area contributed by atoms with E-state index in [1.165, 1.54) is 0 Å². The van der Waals surface area contributed by atoms with Crippen molar-refractivity contribution in [2.75, 3.05) is 6.61 Å². The van der Waals surface area contributed by atoms with E-state index in [-0.39, 0.29) is 13.2 Å². The van der Waals surface area contributed by atoms with Gasteiger partial charge in [0.05, 0.1) is 6.61 Å². The van der Waals surface area contributed by atoms with E-state index in [0.29, 0.717) is 5.56 Å². The van der Waals surface area contributed by atoms with E-state index in [4.69, 9.17) is 4.74 Å². The minimum absolute atomic E-state index is 0.0444. The van der Waals surface area contributed by atoms with Crippen LogP contribution in [0.3, 0.4) is 0 Å². The van der Waals surface area contributed by atoms with E-state index >= 15 is 0 Å². The van der Waals surface area contributed by atoms with Gasteiger partial charge in [-0.3, -0.25) is 4.79 Å². The molecule has 1 aliphatic heterocycles. The lowest BCUT2D eigenvalue weighted by molar-refractivity contribution is -0.194. The maximum atomic E-state index is 13.1. The third-order valence-electron chi connectivity index (χ3n) is 2.98. The van der Waals surface area contributed by atoms with Crippen LogP contribution >= 0.6 is 0 Å². The van der Waals surface area contributed by atoms with E-state index in [0.717, 1.165) is 11.8 Å². The van der Waals surface area contributed by atoms with Gasteiger partial charge in [0, 0.05) is 13.5 Å². The second kappa shape index (κ2) is 5.21. The number of alkyl halides is 3. The number of ether oxygens (including phenoxy) is 1. The monoisotopic (exact) mass is 273 g/mol. The fraction of sp³-hybridized carbons (Fsp3) is 0.462. The van der Waals surface area contributed by atoms with Crippen LogP contribution in [0.4, 0.5) is 13.2 Å². The Labute approximate surface area is 109 Å². The summed E-state index contributed by atoms with van der Waals surface area (Å²) in [5.41, 5.74) is 0.660. The molecule has 2 atom stereocenters. The predicted octanol–water partition coefficient (Wildman–Crippen LogP) is 2.36. The Morgan fingerprint density at radius 2 is 2.00 bits per heavy atom. The van der Waals surface area contributed by atoms with E-state index < -0.39 is 24.2 Å². The lowest BCUT2D eigenvalue weighted by Crippen LogP contribution is -2.51. The first-order valence-electron chi connectivity index (χ1n) is 5.89. The minimum Gasteiger partial charge on any atom is -0.371 e. The molecule has 1 heterocycles. The van der Waals surface area contributed by atoms with E-state index in [2.05, 4.69) is 0 Å². The van der Waals surface area contributed by atoms with Crippen molar-refractivity contribution < 1.29 is 22.7 Å². The SMILES string of the molecule is CC(=O)N(Cc1ccccc1)C(C1CO1)C(F)(F)F. The van der Waals surface area contributed by atoms with Crippen molar-refractivity contribution in [2.24, 2.45) is 0 Å². The molecule has 0 N–H and O–H groups in total. The zero-order chi connectivity index (χ0) is 14.0. The highest BCUT2D eigenvalue weighted by atomic mass is 19.4. The Morgan fingerprint density at radius 1 is 1.42 bits per heavy atom. The standard InChI is InChI=1S/C13H14F3NO2/c1-9(18)17(7-10-5-3-2-4-6-10)12(11-8-19-11)13(14,15)16/h2-6,11-12H,7-8H2,1H3. The number of hydrogen-bond acceptors (Lipinski definition) is 2. The van der Waals surface area contributed by atoms with Crippen LogP contribution in [-0.2, 0) is 16.1 Å². The molecule has 3 nitrogen and oxygen atoms in total. The van der Waals surface area contributed by atoms with Crippen LogP contribution in [0, 0.1) is 0 Å². The first-order chi connectivity index (χ1) is 8.89. The van der Waals surface area contributed by atoms with Gasteiger partial charge in [-0.15, -0.1) is 0 Å². The Morgan fingerprint density at radius 3 is 2.42 bits per heavy atom. The van der Waals surface area contributed by atoms with Crippen LogP contribution < -0.4 is 0 Å². The number of amides is 1. The fourth-order valence-electron chi connectivity index (χ4n) is 2.01. The summed E-state index contributed by atoms with van der Waals surface area (Å²) in [7, 11) is 0. The number of hydrogen-bond donors (Lipinski definition) is 0. The van der Waals surface area contributed by atoms with Crippen LogP contribution in [0.1, 0.15) is 12.5 Å². The molecule has 0 aromatic heterocycles. The molecule has 0 bridgehead atoms. The van der Waals surface area contributed by atoms with Crippen molar-refractivity contribution in [3.8, 4) is 0 Å². The van der Waals surface area contributed by atoms with Gasteiger partial charge in [-0.05, 0) is 5.56 Å². The largest absolute Gasteiger partial charge is 0.411 e. The zero-order valence-electron chi connectivity index (χ0n) is 10.4. The summed E-state index contributed by atoms with van der Waals surface area (Å²) in [5, 5.41) is 0. The van der Waals surface area contributed by atoms with Gasteiger partial charge in [0.2, 0.25) is 5.91 Å². The normalized spacial score (nSPS) is 19.9. The first kappa shape index (κ1) is 13.9. The van der Waals surface area contributed by atoms with Gasteiger partial charge >= 0.3 is 6.18 Å². The minimum atomic E-state index is -4.48. The highest BCUT2D eigenvalue weighted by Crippen LogP contribution is 2.34. The molecule has 1 fully saturated rings. The Kier molecular flexibility index (Phi) is 3.80. The third kappa shape index (κ3) is 3.47. The molecule has 1 saturated heterocycles. The van der Waals surface area contributed by atoms with Crippen molar-refractivity contribution in [1.82, 2.24) is 4.90 Å².